The summed E-state index contributed by atoms with van der Waals surface area (Å²) >= 11 is 2.25. The Morgan fingerprint density at radius 3 is 2.49 bits per heavy atom. The van der Waals surface area contributed by atoms with Gasteiger partial charge in [-0.05, 0) is 71.0 Å². The Balaban J connectivity index is 1.29. The van der Waals surface area contributed by atoms with Gasteiger partial charge in [0.1, 0.15) is 12.4 Å². The molecule has 1 heterocycles. The highest BCUT2D eigenvalue weighted by Gasteiger charge is 2.13. The van der Waals surface area contributed by atoms with E-state index in [2.05, 4.69) is 64.3 Å². The quantitative estimate of drug-likeness (QED) is 0.123. The van der Waals surface area contributed by atoms with Crippen LogP contribution in [0.15, 0.2) is 108 Å². The number of hydrazone groups is 1. The Bertz CT molecular complexity index is 1580. The molecule has 0 saturated carbocycles. The maximum Gasteiger partial charge on any atom is 0.272 e. The summed E-state index contributed by atoms with van der Waals surface area (Å²) in [6, 6.07) is 33.4. The third-order valence-electron chi connectivity index (χ3n) is 5.88. The lowest BCUT2D eigenvalue weighted by Crippen LogP contribution is -2.18. The standard InChI is InChI=1S/C31H24IN3O2/c1-21-11-13-22(14-12-21)20-37-30-16-15-23(17-27(30)32)19-33-35-31(36)26-18-29(24-7-3-2-4-8-24)34-28-10-6-5-9-25(26)28/h2-19H,20H2,1H3,(H,35,36)/b33-19+. The van der Waals surface area contributed by atoms with Crippen LogP contribution >= 0.6 is 22.6 Å². The average molecular weight is 597 g/mol. The SMILES string of the molecule is Cc1ccc(COc2ccc(/C=N/NC(=O)c3cc(-c4ccccc4)nc4ccccc34)cc2I)cc1. The smallest absolute Gasteiger partial charge is 0.272 e. The van der Waals surface area contributed by atoms with Crippen LogP contribution < -0.4 is 10.2 Å². The number of benzene rings is 4. The second-order valence-corrected chi connectivity index (χ2v) is 9.76. The highest BCUT2D eigenvalue weighted by Crippen LogP contribution is 2.25. The molecule has 182 valence electrons. The van der Waals surface area contributed by atoms with Crippen LogP contribution in [0.5, 0.6) is 5.75 Å². The van der Waals surface area contributed by atoms with Crippen molar-refractivity contribution in [2.45, 2.75) is 13.5 Å². The number of hydrogen-bond donors (Lipinski definition) is 1. The lowest BCUT2D eigenvalue weighted by molar-refractivity contribution is 0.0956. The van der Waals surface area contributed by atoms with Crippen molar-refractivity contribution in [1.29, 1.82) is 0 Å². The first-order valence-corrected chi connectivity index (χ1v) is 12.9. The molecule has 0 radical (unpaired) electrons. The maximum absolute atomic E-state index is 13.1. The van der Waals surface area contributed by atoms with Crippen molar-refractivity contribution in [3.63, 3.8) is 0 Å². The molecule has 0 atom stereocenters. The van der Waals surface area contributed by atoms with Crippen LogP contribution in [0.2, 0.25) is 0 Å². The normalized spacial score (nSPS) is 11.1. The van der Waals surface area contributed by atoms with Gasteiger partial charge in [-0.3, -0.25) is 4.79 Å². The fraction of sp³-hybridized carbons (Fsp3) is 0.0645. The molecule has 5 nitrogen and oxygen atoms in total. The number of ether oxygens (including phenoxy) is 1. The van der Waals surface area contributed by atoms with E-state index in [4.69, 9.17) is 9.72 Å². The molecule has 1 aromatic heterocycles. The number of aromatic nitrogens is 1. The predicted octanol–water partition coefficient (Wildman–Crippen LogP) is 7.16. The van der Waals surface area contributed by atoms with Crippen LogP contribution in [0.3, 0.4) is 0 Å². The summed E-state index contributed by atoms with van der Waals surface area (Å²) in [5.41, 5.74) is 8.85. The molecule has 4 aromatic carbocycles. The maximum atomic E-state index is 13.1. The summed E-state index contributed by atoms with van der Waals surface area (Å²) in [4.78, 5) is 17.9. The lowest BCUT2D eigenvalue weighted by atomic mass is 10.0. The van der Waals surface area contributed by atoms with Crippen molar-refractivity contribution in [2.75, 3.05) is 0 Å². The first-order chi connectivity index (χ1) is 18.1. The minimum atomic E-state index is -0.292. The summed E-state index contributed by atoms with van der Waals surface area (Å²) in [6.45, 7) is 2.57. The van der Waals surface area contributed by atoms with Gasteiger partial charge < -0.3 is 4.74 Å². The number of hydrogen-bond acceptors (Lipinski definition) is 4. The molecule has 0 aliphatic heterocycles. The topological polar surface area (TPSA) is 63.6 Å². The van der Waals surface area contributed by atoms with E-state index in [0.717, 1.165) is 42.6 Å². The monoisotopic (exact) mass is 597 g/mol. The number of rotatable bonds is 7. The van der Waals surface area contributed by atoms with E-state index in [1.54, 1.807) is 6.21 Å². The van der Waals surface area contributed by atoms with Crippen molar-refractivity contribution in [3.05, 3.63) is 129 Å². The van der Waals surface area contributed by atoms with Gasteiger partial charge in [0.25, 0.3) is 5.91 Å². The molecule has 6 heteroatoms. The number of nitrogens with zero attached hydrogens (tertiary/aromatic N) is 2. The molecule has 0 saturated heterocycles. The van der Waals surface area contributed by atoms with Gasteiger partial charge in [0, 0.05) is 10.9 Å². The minimum Gasteiger partial charge on any atom is -0.488 e. The van der Waals surface area contributed by atoms with Gasteiger partial charge in [0.2, 0.25) is 0 Å². The summed E-state index contributed by atoms with van der Waals surface area (Å²) in [5.74, 6) is 0.513. The zero-order valence-electron chi connectivity index (χ0n) is 20.2. The highest BCUT2D eigenvalue weighted by atomic mass is 127. The van der Waals surface area contributed by atoms with E-state index >= 15 is 0 Å². The second kappa shape index (κ2) is 11.3. The van der Waals surface area contributed by atoms with Crippen LogP contribution in [0, 0.1) is 10.5 Å². The summed E-state index contributed by atoms with van der Waals surface area (Å²) in [7, 11) is 0. The summed E-state index contributed by atoms with van der Waals surface area (Å²) in [6.07, 6.45) is 1.63. The molecule has 5 aromatic rings. The molecule has 0 aliphatic carbocycles. The van der Waals surface area contributed by atoms with Gasteiger partial charge in [-0.1, -0.05) is 78.4 Å². The predicted molar refractivity (Wildman–Crippen MR) is 157 cm³/mol. The van der Waals surface area contributed by atoms with Crippen LogP contribution in [-0.2, 0) is 6.61 Å². The summed E-state index contributed by atoms with van der Waals surface area (Å²) < 4.78 is 6.94. The fourth-order valence-corrected chi connectivity index (χ4v) is 4.60. The van der Waals surface area contributed by atoms with Gasteiger partial charge >= 0.3 is 0 Å². The van der Waals surface area contributed by atoms with Crippen molar-refractivity contribution in [1.82, 2.24) is 10.4 Å². The van der Waals surface area contributed by atoms with E-state index in [-0.39, 0.29) is 5.91 Å². The van der Waals surface area contributed by atoms with Gasteiger partial charge in [-0.25, -0.2) is 10.4 Å². The lowest BCUT2D eigenvalue weighted by Gasteiger charge is -2.10. The van der Waals surface area contributed by atoms with Crippen molar-refractivity contribution in [2.24, 2.45) is 5.10 Å². The van der Waals surface area contributed by atoms with Gasteiger partial charge in [0.05, 0.1) is 26.6 Å². The number of aryl methyl sites for hydroxylation is 1. The molecule has 0 aliphatic rings. The van der Waals surface area contributed by atoms with Crippen LogP contribution in [-0.4, -0.2) is 17.1 Å². The number of fused-ring (bicyclic) bond motifs is 1. The number of carbonyl (C=O) groups excluding carboxylic acids is 1. The highest BCUT2D eigenvalue weighted by molar-refractivity contribution is 14.1. The van der Waals surface area contributed by atoms with Crippen LogP contribution in [0.1, 0.15) is 27.0 Å². The number of carbonyl (C=O) groups is 1. The van der Waals surface area contributed by atoms with Gasteiger partial charge in [0.15, 0.2) is 0 Å². The van der Waals surface area contributed by atoms with E-state index in [1.807, 2.05) is 78.9 Å². The largest absolute Gasteiger partial charge is 0.488 e. The number of pyridine rings is 1. The molecule has 1 amide bonds. The Hall–Kier alpha value is -4.04. The van der Waals surface area contributed by atoms with E-state index < -0.39 is 0 Å². The number of nitrogens with one attached hydrogen (secondary N) is 1. The molecular weight excluding hydrogens is 573 g/mol. The minimum absolute atomic E-state index is 0.292. The van der Waals surface area contributed by atoms with E-state index in [1.165, 1.54) is 5.56 Å². The molecule has 37 heavy (non-hydrogen) atoms. The molecule has 5 rings (SSSR count). The Labute approximate surface area is 229 Å². The van der Waals surface area contributed by atoms with Gasteiger partial charge in [-0.15, -0.1) is 0 Å². The molecule has 0 bridgehead atoms. The first-order valence-electron chi connectivity index (χ1n) is 11.8. The molecule has 0 spiro atoms. The Morgan fingerprint density at radius 2 is 1.70 bits per heavy atom. The van der Waals surface area contributed by atoms with Crippen LogP contribution in [0.4, 0.5) is 0 Å². The second-order valence-electron chi connectivity index (χ2n) is 8.60. The zero-order valence-corrected chi connectivity index (χ0v) is 22.3. The fourth-order valence-electron chi connectivity index (χ4n) is 3.91. The molecule has 1 N–H and O–H groups in total. The Morgan fingerprint density at radius 1 is 0.946 bits per heavy atom. The van der Waals surface area contributed by atoms with Crippen LogP contribution in [0.25, 0.3) is 22.2 Å². The number of amides is 1. The van der Waals surface area contributed by atoms with Gasteiger partial charge in [-0.2, -0.15) is 5.10 Å². The third kappa shape index (κ3) is 6.03. The molecule has 0 unspecified atom stereocenters. The van der Waals surface area contributed by atoms with E-state index in [0.29, 0.717) is 12.2 Å². The van der Waals surface area contributed by atoms with E-state index in [9.17, 15) is 4.79 Å². The summed E-state index contributed by atoms with van der Waals surface area (Å²) in [5, 5.41) is 4.99. The molecular formula is C31H24IN3O2. The number of para-hydroxylation sites is 1. The number of halogens is 1. The first kappa shape index (κ1) is 24.6. The zero-order chi connectivity index (χ0) is 25.6. The average Bonchev–Trinajstić information content (AvgIpc) is 2.93. The van der Waals surface area contributed by atoms with Crippen molar-refractivity contribution < 1.29 is 9.53 Å². The van der Waals surface area contributed by atoms with Crippen molar-refractivity contribution in [3.8, 4) is 17.0 Å². The third-order valence-corrected chi connectivity index (χ3v) is 6.72. The van der Waals surface area contributed by atoms with Crippen molar-refractivity contribution >= 4 is 45.6 Å². The Kier molecular flexibility index (Phi) is 7.56. The molecule has 0 fully saturated rings.